The number of hydrogen-bond acceptors (Lipinski definition) is 13. The second-order valence-corrected chi connectivity index (χ2v) is 15.5. The molecule has 9 atom stereocenters. The number of amides is 2. The predicted molar refractivity (Wildman–Crippen MR) is 216 cm³/mol. The average molecular weight is 834 g/mol. The van der Waals surface area contributed by atoms with Crippen molar-refractivity contribution in [2.75, 3.05) is 32.6 Å². The molecule has 2 aromatic carbocycles. The molecule has 318 valence electrons. The van der Waals surface area contributed by atoms with Crippen molar-refractivity contribution in [2.24, 2.45) is 23.7 Å². The normalized spacial score (nSPS) is 29.6. The van der Waals surface area contributed by atoms with E-state index in [1.165, 1.54) is 64.2 Å². The molecule has 5 N–H and O–H groups in total. The largest absolute Gasteiger partial charge is 1.00 e. The Labute approximate surface area is 367 Å². The Morgan fingerprint density at radius 1 is 0.983 bits per heavy atom. The standard InChI is InChI=1S/C43H58N2O13.Na/c1-12-17-45(10)31(47)20-55-30-19-28-38(51)33-32(30)34-40(26(7)37(33)50)58-43(9,41(34)52)56-18-16-29(54-11)23(4)39(57-27(8)46)25(6)36(49)24(5)35(48)21(2)14-13-15-22(3)42(53)44-28;/h13-16,18-19,21,23-25,29,35-36,39,48-51H,12,17,20H2,1-11H3,(H,44,53);/q;+1/b14-13+,18-16+,22-15+;. The van der Waals surface area contributed by atoms with Crippen molar-refractivity contribution in [2.45, 2.75) is 98.9 Å². The minimum Gasteiger partial charge on any atom is -0.507 e. The molecular formula is C43H58N2NaO13+. The molecule has 59 heavy (non-hydrogen) atoms. The van der Waals surface area contributed by atoms with Crippen LogP contribution in [0.1, 0.15) is 77.7 Å². The molecular weight excluding hydrogens is 775 g/mol. The van der Waals surface area contributed by atoms with Crippen LogP contribution >= 0.6 is 0 Å². The molecule has 3 aliphatic heterocycles. The Bertz CT molecular complexity index is 2000. The monoisotopic (exact) mass is 833 g/mol. The third-order valence-electron chi connectivity index (χ3n) is 11.2. The summed E-state index contributed by atoms with van der Waals surface area (Å²) in [6, 6.07) is 1.26. The number of aliphatic hydroxyl groups excluding tert-OH is 2. The van der Waals surface area contributed by atoms with Gasteiger partial charge in [-0.15, -0.1) is 0 Å². The van der Waals surface area contributed by atoms with E-state index in [1.807, 2.05) is 6.92 Å². The van der Waals surface area contributed by atoms with E-state index in [9.17, 15) is 39.6 Å². The first-order valence-corrected chi connectivity index (χ1v) is 19.4. The zero-order valence-corrected chi connectivity index (χ0v) is 38.1. The number of nitrogens with zero attached hydrogens (tertiary/aromatic N) is 1. The van der Waals surface area contributed by atoms with Gasteiger partial charge in [0.25, 0.3) is 17.6 Å². The molecule has 0 aromatic heterocycles. The number of methoxy groups -OCH3 is 1. The van der Waals surface area contributed by atoms with E-state index >= 15 is 0 Å². The van der Waals surface area contributed by atoms with Crippen LogP contribution in [0.25, 0.3) is 10.8 Å². The Hall–Kier alpha value is -4.12. The van der Waals surface area contributed by atoms with Gasteiger partial charge in [-0.05, 0) is 26.3 Å². The summed E-state index contributed by atoms with van der Waals surface area (Å²) in [5, 5.41) is 48.3. The van der Waals surface area contributed by atoms with Crippen LogP contribution in [0.4, 0.5) is 5.69 Å². The van der Waals surface area contributed by atoms with Crippen molar-refractivity contribution in [3.8, 4) is 23.0 Å². The average Bonchev–Trinajstić information content (AvgIpc) is 3.44. The second-order valence-electron chi connectivity index (χ2n) is 15.5. The molecule has 3 heterocycles. The van der Waals surface area contributed by atoms with Gasteiger partial charge in [-0.2, -0.15) is 0 Å². The number of ketones is 1. The molecule has 0 aliphatic carbocycles. The van der Waals surface area contributed by atoms with Crippen molar-refractivity contribution < 1.29 is 92.8 Å². The number of esters is 1. The number of fused-ring (bicyclic) bond motifs is 14. The molecule has 2 aromatic rings. The number of carbonyl (C=O) groups excluding carboxylic acids is 4. The number of phenolic OH excluding ortho intramolecular Hbond substituents is 2. The minimum atomic E-state index is -2.02. The number of carbonyl (C=O) groups is 4. The van der Waals surface area contributed by atoms with E-state index in [0.29, 0.717) is 13.0 Å². The summed E-state index contributed by atoms with van der Waals surface area (Å²) in [5.41, 5.74) is -0.0111. The van der Waals surface area contributed by atoms with Crippen LogP contribution in [0.5, 0.6) is 23.0 Å². The molecule has 9 unspecified atom stereocenters. The summed E-state index contributed by atoms with van der Waals surface area (Å²) in [4.78, 5) is 54.8. The molecule has 0 saturated carbocycles. The third kappa shape index (κ3) is 10.4. The summed E-state index contributed by atoms with van der Waals surface area (Å²) in [7, 11) is 3.05. The third-order valence-corrected chi connectivity index (χ3v) is 11.2. The summed E-state index contributed by atoms with van der Waals surface area (Å²) in [6.07, 6.45) is 4.29. The predicted octanol–water partition coefficient (Wildman–Crippen LogP) is 2.30. The number of benzene rings is 2. The maximum absolute atomic E-state index is 14.4. The number of nitrogens with one attached hydrogen (secondary N) is 1. The maximum Gasteiger partial charge on any atom is 1.00 e. The zero-order valence-electron chi connectivity index (χ0n) is 36.1. The van der Waals surface area contributed by atoms with Crippen molar-refractivity contribution >= 4 is 40.0 Å². The Kier molecular flexibility index (Phi) is 17.1. The topological polar surface area (TPSA) is 211 Å². The van der Waals surface area contributed by atoms with Crippen LogP contribution in [-0.2, 0) is 28.6 Å². The van der Waals surface area contributed by atoms with E-state index < -0.39 is 89.6 Å². The van der Waals surface area contributed by atoms with Crippen LogP contribution in [0.2, 0.25) is 0 Å². The number of anilines is 1. The van der Waals surface area contributed by atoms with Crippen LogP contribution in [0.3, 0.4) is 0 Å². The molecule has 0 spiro atoms. The van der Waals surface area contributed by atoms with Gasteiger partial charge >= 0.3 is 41.3 Å². The summed E-state index contributed by atoms with van der Waals surface area (Å²) >= 11 is 0. The first-order valence-electron chi connectivity index (χ1n) is 19.4. The minimum absolute atomic E-state index is 0. The van der Waals surface area contributed by atoms with Crippen LogP contribution in [0, 0.1) is 30.6 Å². The summed E-state index contributed by atoms with van der Waals surface area (Å²) in [5.74, 6) is -8.04. The molecule has 0 saturated heterocycles. The van der Waals surface area contributed by atoms with Crippen molar-refractivity contribution in [1.29, 1.82) is 0 Å². The van der Waals surface area contributed by atoms with E-state index in [2.05, 4.69) is 5.32 Å². The second kappa shape index (κ2) is 20.4. The van der Waals surface area contributed by atoms with Gasteiger partial charge in [0.2, 0.25) is 0 Å². The van der Waals surface area contributed by atoms with E-state index in [0.717, 1.165) is 0 Å². The zero-order chi connectivity index (χ0) is 43.4. The molecule has 15 nitrogen and oxygen atoms in total. The fourth-order valence-electron chi connectivity index (χ4n) is 7.46. The Morgan fingerprint density at radius 3 is 2.25 bits per heavy atom. The number of Topliss-reactive ketones (excluding diaryl/α,β-unsaturated/α-hetero) is 1. The molecule has 3 aliphatic rings. The SMILES string of the molecule is CCCN(C)C(=O)COc1cc2c(O)c3c(O)c(C)c4c(c13)C(=O)C(C)(O/C=C/C(OC)C(C)C(OC(C)=O)C(C)C(O)C(C)C(O)C(C)/C=C/C=C(\C)C(=O)N2)O4.[Na+]. The van der Waals surface area contributed by atoms with Gasteiger partial charge in [-0.1, -0.05) is 52.8 Å². The van der Waals surface area contributed by atoms with Crippen LogP contribution in [-0.4, -0.2) is 106 Å². The molecule has 16 heteroatoms. The van der Waals surface area contributed by atoms with E-state index in [4.69, 9.17) is 23.7 Å². The van der Waals surface area contributed by atoms with Crippen LogP contribution < -0.4 is 44.3 Å². The Morgan fingerprint density at radius 2 is 1.64 bits per heavy atom. The molecule has 5 bridgehead atoms. The van der Waals surface area contributed by atoms with Gasteiger partial charge in [0.1, 0.15) is 23.4 Å². The van der Waals surface area contributed by atoms with Gasteiger partial charge < -0.3 is 54.3 Å². The van der Waals surface area contributed by atoms with Crippen LogP contribution in [0.15, 0.2) is 42.2 Å². The fourth-order valence-corrected chi connectivity index (χ4v) is 7.46. The van der Waals surface area contributed by atoms with Gasteiger partial charge in [0, 0.05) is 80.8 Å². The van der Waals surface area contributed by atoms with Gasteiger partial charge in [-0.25, -0.2) is 0 Å². The quantitative estimate of drug-likeness (QED) is 0.154. The molecule has 0 fully saturated rings. The number of phenols is 2. The summed E-state index contributed by atoms with van der Waals surface area (Å²) < 4.78 is 29.6. The number of aliphatic hydroxyl groups is 2. The van der Waals surface area contributed by atoms with E-state index in [-0.39, 0.29) is 80.1 Å². The Balaban J connectivity index is 0.00000930. The number of rotatable bonds is 7. The van der Waals surface area contributed by atoms with Gasteiger partial charge in [-0.3, -0.25) is 19.2 Å². The number of hydrogen-bond donors (Lipinski definition) is 5. The maximum atomic E-state index is 14.4. The first-order chi connectivity index (χ1) is 27.2. The molecule has 5 rings (SSSR count). The summed E-state index contributed by atoms with van der Waals surface area (Å²) in [6.45, 7) is 14.4. The van der Waals surface area contributed by atoms with Gasteiger partial charge in [0.15, 0.2) is 12.4 Å². The molecule has 0 radical (unpaired) electrons. The fraction of sp³-hybridized carbons (Fsp3) is 0.535. The van der Waals surface area contributed by atoms with Gasteiger partial charge in [0.05, 0.1) is 41.2 Å². The number of allylic oxidation sites excluding steroid dienone is 2. The number of ether oxygens (including phenoxy) is 5. The number of aromatic hydroxyl groups is 2. The smallest absolute Gasteiger partial charge is 0.507 e. The van der Waals surface area contributed by atoms with E-state index in [1.54, 1.807) is 46.9 Å². The number of likely N-dealkylation sites (N-methyl/N-ethyl adjacent to an activating group) is 1. The van der Waals surface area contributed by atoms with Crippen molar-refractivity contribution in [3.05, 3.63) is 53.3 Å². The molecule has 2 amide bonds. The first kappa shape index (κ1) is 49.2. The van der Waals surface area contributed by atoms with Crippen molar-refractivity contribution in [3.63, 3.8) is 0 Å². The van der Waals surface area contributed by atoms with Crippen molar-refractivity contribution in [1.82, 2.24) is 4.90 Å².